The molecule has 2 unspecified atom stereocenters. The highest BCUT2D eigenvalue weighted by Crippen LogP contribution is 2.22. The first kappa shape index (κ1) is 12.9. The van der Waals surface area contributed by atoms with E-state index >= 15 is 0 Å². The van der Waals surface area contributed by atoms with Gasteiger partial charge in [-0.15, -0.1) is 0 Å². The molecule has 0 radical (unpaired) electrons. The maximum absolute atomic E-state index is 11.2. The van der Waals surface area contributed by atoms with Crippen LogP contribution in [0.15, 0.2) is 35.2 Å². The monoisotopic (exact) mass is 274 g/mol. The first-order chi connectivity index (χ1) is 9.74. The Morgan fingerprint density at radius 3 is 3.10 bits per heavy atom. The normalized spacial score (nSPS) is 20.6. The molecule has 2 aromatic heterocycles. The third-order valence-electron chi connectivity index (χ3n) is 3.61. The summed E-state index contributed by atoms with van der Waals surface area (Å²) < 4.78 is 7.51. The molecule has 1 fully saturated rings. The van der Waals surface area contributed by atoms with Gasteiger partial charge in [0.1, 0.15) is 17.6 Å². The van der Waals surface area contributed by atoms with Gasteiger partial charge in [-0.1, -0.05) is 0 Å². The SMILES string of the molecule is Cn1ccnc1C(NC1CCC(=O)NC1)c1ccco1. The predicted octanol–water partition coefficient (Wildman–Crippen LogP) is 0.971. The van der Waals surface area contributed by atoms with E-state index in [0.717, 1.165) is 18.0 Å². The summed E-state index contributed by atoms with van der Waals surface area (Å²) in [5.41, 5.74) is 0. The van der Waals surface area contributed by atoms with Gasteiger partial charge in [0.15, 0.2) is 0 Å². The van der Waals surface area contributed by atoms with Crippen LogP contribution in [0.2, 0.25) is 0 Å². The maximum Gasteiger partial charge on any atom is 0.220 e. The molecule has 106 valence electrons. The summed E-state index contributed by atoms with van der Waals surface area (Å²) in [5, 5.41) is 6.41. The molecule has 1 aliphatic rings. The molecule has 20 heavy (non-hydrogen) atoms. The van der Waals surface area contributed by atoms with Crippen molar-refractivity contribution in [3.8, 4) is 0 Å². The molecule has 6 heteroatoms. The second kappa shape index (κ2) is 5.50. The molecule has 0 saturated carbocycles. The minimum atomic E-state index is -0.106. The highest BCUT2D eigenvalue weighted by molar-refractivity contribution is 5.76. The number of nitrogens with one attached hydrogen (secondary N) is 2. The van der Waals surface area contributed by atoms with Crippen molar-refractivity contribution in [2.45, 2.75) is 24.9 Å². The minimum Gasteiger partial charge on any atom is -0.467 e. The summed E-state index contributed by atoms with van der Waals surface area (Å²) in [4.78, 5) is 15.6. The Bertz CT molecular complexity index is 566. The smallest absolute Gasteiger partial charge is 0.220 e. The van der Waals surface area contributed by atoms with Gasteiger partial charge in [0, 0.05) is 38.4 Å². The van der Waals surface area contributed by atoms with Gasteiger partial charge in [-0.25, -0.2) is 4.98 Å². The number of aromatic nitrogens is 2. The summed E-state index contributed by atoms with van der Waals surface area (Å²) in [6.07, 6.45) is 6.73. The van der Waals surface area contributed by atoms with E-state index in [1.807, 2.05) is 29.9 Å². The molecular weight excluding hydrogens is 256 g/mol. The standard InChI is InChI=1S/C14H18N4O2/c1-18-7-6-15-14(18)13(11-3-2-8-20-11)17-10-4-5-12(19)16-9-10/h2-3,6-8,10,13,17H,4-5,9H2,1H3,(H,16,19). The number of piperidine rings is 1. The molecule has 3 heterocycles. The van der Waals surface area contributed by atoms with Crippen LogP contribution in [0.25, 0.3) is 0 Å². The van der Waals surface area contributed by atoms with E-state index < -0.39 is 0 Å². The molecule has 2 N–H and O–H groups in total. The Balaban J connectivity index is 1.80. The Morgan fingerprint density at radius 1 is 1.60 bits per heavy atom. The minimum absolute atomic E-state index is 0.106. The van der Waals surface area contributed by atoms with E-state index in [1.54, 1.807) is 12.5 Å². The van der Waals surface area contributed by atoms with E-state index in [4.69, 9.17) is 4.42 Å². The van der Waals surface area contributed by atoms with Crippen LogP contribution < -0.4 is 10.6 Å². The lowest BCUT2D eigenvalue weighted by Crippen LogP contribution is -2.47. The highest BCUT2D eigenvalue weighted by Gasteiger charge is 2.26. The summed E-state index contributed by atoms with van der Waals surface area (Å²) in [5.74, 6) is 1.85. The molecule has 1 amide bonds. The fourth-order valence-corrected chi connectivity index (χ4v) is 2.51. The number of nitrogens with zero attached hydrogens (tertiary/aromatic N) is 2. The second-order valence-corrected chi connectivity index (χ2v) is 5.05. The number of imidazole rings is 1. The van der Waals surface area contributed by atoms with Crippen molar-refractivity contribution >= 4 is 5.91 Å². The first-order valence-corrected chi connectivity index (χ1v) is 6.77. The van der Waals surface area contributed by atoms with E-state index in [2.05, 4.69) is 15.6 Å². The van der Waals surface area contributed by atoms with Crippen LogP contribution in [0.4, 0.5) is 0 Å². The zero-order chi connectivity index (χ0) is 13.9. The Hall–Kier alpha value is -2.08. The molecule has 0 bridgehead atoms. The van der Waals surface area contributed by atoms with E-state index in [1.165, 1.54) is 0 Å². The average Bonchev–Trinajstić information content (AvgIpc) is 3.10. The van der Waals surface area contributed by atoms with Crippen molar-refractivity contribution in [2.75, 3.05) is 6.54 Å². The van der Waals surface area contributed by atoms with Crippen LogP contribution in [-0.2, 0) is 11.8 Å². The molecule has 6 nitrogen and oxygen atoms in total. The van der Waals surface area contributed by atoms with E-state index in [0.29, 0.717) is 13.0 Å². The molecule has 0 aliphatic carbocycles. The van der Waals surface area contributed by atoms with Crippen LogP contribution in [-0.4, -0.2) is 28.0 Å². The molecule has 3 rings (SSSR count). The number of hydrogen-bond acceptors (Lipinski definition) is 4. The number of hydrogen-bond donors (Lipinski definition) is 2. The van der Waals surface area contributed by atoms with Crippen LogP contribution in [0.5, 0.6) is 0 Å². The lowest BCUT2D eigenvalue weighted by molar-refractivity contribution is -0.122. The number of amides is 1. The van der Waals surface area contributed by atoms with Crippen LogP contribution in [0, 0.1) is 0 Å². The van der Waals surface area contributed by atoms with Gasteiger partial charge in [0.25, 0.3) is 0 Å². The van der Waals surface area contributed by atoms with Gasteiger partial charge in [0.2, 0.25) is 5.91 Å². The van der Waals surface area contributed by atoms with Gasteiger partial charge in [-0.3, -0.25) is 10.1 Å². The Morgan fingerprint density at radius 2 is 2.50 bits per heavy atom. The number of carbonyl (C=O) groups is 1. The fourth-order valence-electron chi connectivity index (χ4n) is 2.51. The van der Waals surface area contributed by atoms with Crippen molar-refractivity contribution < 1.29 is 9.21 Å². The van der Waals surface area contributed by atoms with E-state index in [-0.39, 0.29) is 18.0 Å². The van der Waals surface area contributed by atoms with Crippen molar-refractivity contribution in [1.82, 2.24) is 20.2 Å². The molecular formula is C14H18N4O2. The maximum atomic E-state index is 11.2. The van der Waals surface area contributed by atoms with Gasteiger partial charge < -0.3 is 14.3 Å². The van der Waals surface area contributed by atoms with Crippen molar-refractivity contribution in [3.05, 3.63) is 42.4 Å². The van der Waals surface area contributed by atoms with Gasteiger partial charge >= 0.3 is 0 Å². The van der Waals surface area contributed by atoms with Crippen LogP contribution in [0.3, 0.4) is 0 Å². The molecule has 1 saturated heterocycles. The summed E-state index contributed by atoms with van der Waals surface area (Å²) >= 11 is 0. The van der Waals surface area contributed by atoms with Crippen molar-refractivity contribution in [2.24, 2.45) is 7.05 Å². The quantitative estimate of drug-likeness (QED) is 0.871. The molecule has 2 aromatic rings. The Labute approximate surface area is 117 Å². The van der Waals surface area contributed by atoms with E-state index in [9.17, 15) is 4.79 Å². The number of carbonyl (C=O) groups excluding carboxylic acids is 1. The van der Waals surface area contributed by atoms with Crippen molar-refractivity contribution in [1.29, 1.82) is 0 Å². The fraction of sp³-hybridized carbons (Fsp3) is 0.429. The zero-order valence-electron chi connectivity index (χ0n) is 11.4. The predicted molar refractivity (Wildman–Crippen MR) is 72.9 cm³/mol. The highest BCUT2D eigenvalue weighted by atomic mass is 16.3. The van der Waals surface area contributed by atoms with Gasteiger partial charge in [-0.2, -0.15) is 0 Å². The summed E-state index contributed by atoms with van der Waals surface area (Å²) in [7, 11) is 1.96. The lowest BCUT2D eigenvalue weighted by Gasteiger charge is -2.27. The molecule has 1 aliphatic heterocycles. The topological polar surface area (TPSA) is 72.1 Å². The lowest BCUT2D eigenvalue weighted by atomic mass is 10.0. The summed E-state index contributed by atoms with van der Waals surface area (Å²) in [6, 6.07) is 3.92. The van der Waals surface area contributed by atoms with Crippen LogP contribution >= 0.6 is 0 Å². The van der Waals surface area contributed by atoms with Gasteiger partial charge in [-0.05, 0) is 18.6 Å². The molecule has 0 spiro atoms. The third-order valence-corrected chi connectivity index (χ3v) is 3.61. The largest absolute Gasteiger partial charge is 0.467 e. The summed E-state index contributed by atoms with van der Waals surface area (Å²) in [6.45, 7) is 0.639. The second-order valence-electron chi connectivity index (χ2n) is 5.05. The molecule has 2 atom stereocenters. The average molecular weight is 274 g/mol. The zero-order valence-corrected chi connectivity index (χ0v) is 11.4. The van der Waals surface area contributed by atoms with Crippen molar-refractivity contribution in [3.63, 3.8) is 0 Å². The first-order valence-electron chi connectivity index (χ1n) is 6.77. The number of aryl methyl sites for hydroxylation is 1. The molecule has 0 aromatic carbocycles. The Kier molecular flexibility index (Phi) is 3.56. The third kappa shape index (κ3) is 2.60. The number of rotatable bonds is 4. The number of furan rings is 1. The van der Waals surface area contributed by atoms with Crippen LogP contribution in [0.1, 0.15) is 30.5 Å². The van der Waals surface area contributed by atoms with Gasteiger partial charge in [0.05, 0.1) is 6.26 Å².